The molecule has 1 atom stereocenters. The highest BCUT2D eigenvalue weighted by atomic mass is 32.2. The predicted molar refractivity (Wildman–Crippen MR) is 45.0 cm³/mol. The molecular formula is C6H7F3N4OS. The normalized spacial score (nSPS) is 12.5. The SMILES string of the molecule is Cn1nnnc1S(=O)CCC(F)=C(F)F. The van der Waals surface area contributed by atoms with Gasteiger partial charge in [0.05, 0.1) is 10.8 Å². The summed E-state index contributed by atoms with van der Waals surface area (Å²) in [5, 5.41) is 10.1. The van der Waals surface area contributed by atoms with Gasteiger partial charge in [-0.15, -0.1) is 0 Å². The van der Waals surface area contributed by atoms with E-state index in [0.29, 0.717) is 0 Å². The summed E-state index contributed by atoms with van der Waals surface area (Å²) in [4.78, 5) is 0. The monoisotopic (exact) mass is 240 g/mol. The Morgan fingerprint density at radius 3 is 2.60 bits per heavy atom. The van der Waals surface area contributed by atoms with Crippen molar-refractivity contribution < 1.29 is 17.4 Å². The molecule has 0 aliphatic carbocycles. The number of aryl methyl sites for hydroxylation is 1. The van der Waals surface area contributed by atoms with Crippen molar-refractivity contribution in [1.29, 1.82) is 0 Å². The molecule has 1 unspecified atom stereocenters. The first-order chi connectivity index (χ1) is 7.02. The highest BCUT2D eigenvalue weighted by Gasteiger charge is 2.13. The fraction of sp³-hybridized carbons (Fsp3) is 0.500. The van der Waals surface area contributed by atoms with Gasteiger partial charge in [0, 0.05) is 19.2 Å². The van der Waals surface area contributed by atoms with E-state index in [1.807, 2.05) is 0 Å². The number of rotatable bonds is 4. The Morgan fingerprint density at radius 1 is 1.47 bits per heavy atom. The van der Waals surface area contributed by atoms with Gasteiger partial charge in [0.1, 0.15) is 0 Å². The van der Waals surface area contributed by atoms with Crippen LogP contribution in [-0.2, 0) is 17.8 Å². The Balaban J connectivity index is 2.59. The van der Waals surface area contributed by atoms with Gasteiger partial charge in [-0.1, -0.05) is 5.10 Å². The third-order valence-corrected chi connectivity index (χ3v) is 2.82. The van der Waals surface area contributed by atoms with E-state index in [4.69, 9.17) is 0 Å². The largest absolute Gasteiger partial charge is 0.301 e. The smallest absolute Gasteiger partial charge is 0.251 e. The lowest BCUT2D eigenvalue weighted by Gasteiger charge is -1.97. The van der Waals surface area contributed by atoms with Crippen molar-refractivity contribution in [2.75, 3.05) is 5.75 Å². The van der Waals surface area contributed by atoms with Crippen molar-refractivity contribution in [3.8, 4) is 0 Å². The standard InChI is InChI=1S/C6H7F3N4OS/c1-13-6(10-11-12-13)15(14)3-2-4(7)5(8)9/h2-3H2,1H3. The molecule has 0 amide bonds. The maximum Gasteiger partial charge on any atom is 0.301 e. The van der Waals surface area contributed by atoms with Crippen molar-refractivity contribution in [2.45, 2.75) is 11.6 Å². The molecule has 15 heavy (non-hydrogen) atoms. The molecule has 1 aromatic heterocycles. The van der Waals surface area contributed by atoms with Crippen LogP contribution in [0.2, 0.25) is 0 Å². The van der Waals surface area contributed by atoms with Crippen molar-refractivity contribution in [3.63, 3.8) is 0 Å². The molecule has 0 saturated heterocycles. The molecule has 9 heteroatoms. The second-order valence-corrected chi connectivity index (χ2v) is 4.01. The van der Waals surface area contributed by atoms with E-state index in [1.165, 1.54) is 7.05 Å². The number of nitrogens with zero attached hydrogens (tertiary/aromatic N) is 4. The van der Waals surface area contributed by atoms with Crippen LogP contribution >= 0.6 is 0 Å². The van der Waals surface area contributed by atoms with Crippen LogP contribution in [-0.4, -0.2) is 30.2 Å². The van der Waals surface area contributed by atoms with Gasteiger partial charge in [0.15, 0.2) is 5.83 Å². The third-order valence-electron chi connectivity index (χ3n) is 1.50. The van der Waals surface area contributed by atoms with Gasteiger partial charge < -0.3 is 0 Å². The van der Waals surface area contributed by atoms with E-state index < -0.39 is 29.1 Å². The van der Waals surface area contributed by atoms with E-state index in [0.717, 1.165) is 4.68 Å². The zero-order valence-corrected chi connectivity index (χ0v) is 8.47. The molecule has 0 aromatic carbocycles. The second kappa shape index (κ2) is 5.01. The lowest BCUT2D eigenvalue weighted by atomic mass is 10.4. The van der Waals surface area contributed by atoms with Crippen LogP contribution in [0, 0.1) is 0 Å². The average molecular weight is 240 g/mol. The first-order valence-corrected chi connectivity index (χ1v) is 5.14. The third kappa shape index (κ3) is 3.11. The zero-order chi connectivity index (χ0) is 11.4. The molecule has 0 aliphatic rings. The Hall–Kier alpha value is -1.25. The van der Waals surface area contributed by atoms with Crippen LogP contribution in [0.3, 0.4) is 0 Å². The molecule has 0 saturated carbocycles. The van der Waals surface area contributed by atoms with Crippen LogP contribution in [0.5, 0.6) is 0 Å². The first kappa shape index (κ1) is 11.8. The quantitative estimate of drug-likeness (QED) is 0.780. The fourth-order valence-electron chi connectivity index (χ4n) is 0.782. The number of hydrogen-bond donors (Lipinski definition) is 0. The Labute approximate surface area is 85.4 Å². The molecule has 0 spiro atoms. The molecular weight excluding hydrogens is 233 g/mol. The number of halogens is 3. The Bertz CT molecular complexity index is 401. The molecule has 1 aromatic rings. The number of hydrogen-bond acceptors (Lipinski definition) is 4. The van der Waals surface area contributed by atoms with E-state index in [2.05, 4.69) is 15.5 Å². The minimum Gasteiger partial charge on any atom is -0.251 e. The fourth-order valence-corrected chi connectivity index (χ4v) is 1.79. The average Bonchev–Trinajstić information content (AvgIpc) is 2.60. The van der Waals surface area contributed by atoms with Gasteiger partial charge in [0.2, 0.25) is 5.16 Å². The van der Waals surface area contributed by atoms with Gasteiger partial charge in [-0.3, -0.25) is 4.21 Å². The molecule has 0 fully saturated rings. The molecule has 1 rings (SSSR count). The van der Waals surface area contributed by atoms with Crippen molar-refractivity contribution in [3.05, 3.63) is 11.9 Å². The predicted octanol–water partition coefficient (Wildman–Crippen LogP) is 0.785. The Morgan fingerprint density at radius 2 is 2.13 bits per heavy atom. The van der Waals surface area contributed by atoms with Gasteiger partial charge in [-0.2, -0.15) is 8.78 Å². The number of aromatic nitrogens is 4. The molecule has 1 heterocycles. The van der Waals surface area contributed by atoms with E-state index in [1.54, 1.807) is 0 Å². The molecule has 0 aliphatic heterocycles. The maximum atomic E-state index is 12.4. The van der Waals surface area contributed by atoms with Gasteiger partial charge in [-0.05, 0) is 10.4 Å². The van der Waals surface area contributed by atoms with E-state index in [-0.39, 0.29) is 10.9 Å². The highest BCUT2D eigenvalue weighted by Crippen LogP contribution is 2.14. The van der Waals surface area contributed by atoms with Crippen molar-refractivity contribution in [2.24, 2.45) is 7.05 Å². The minimum atomic E-state index is -2.39. The summed E-state index contributed by atoms with van der Waals surface area (Å²) in [7, 11) is -0.228. The van der Waals surface area contributed by atoms with Gasteiger partial charge >= 0.3 is 6.08 Å². The summed E-state index contributed by atoms with van der Waals surface area (Å²) in [5.74, 6) is -1.84. The molecule has 84 valence electrons. The van der Waals surface area contributed by atoms with E-state index >= 15 is 0 Å². The van der Waals surface area contributed by atoms with Gasteiger partial charge in [0.25, 0.3) is 0 Å². The summed E-state index contributed by atoms with van der Waals surface area (Å²) in [5.41, 5.74) is 0. The zero-order valence-electron chi connectivity index (χ0n) is 7.65. The summed E-state index contributed by atoms with van der Waals surface area (Å²) in [6, 6.07) is 0. The highest BCUT2D eigenvalue weighted by molar-refractivity contribution is 7.84. The number of tetrazole rings is 1. The minimum absolute atomic E-state index is 0.0297. The summed E-state index contributed by atoms with van der Waals surface area (Å²) in [6.45, 7) is 0. The van der Waals surface area contributed by atoms with Crippen LogP contribution in [0.1, 0.15) is 6.42 Å². The summed E-state index contributed by atoms with van der Waals surface area (Å²) < 4.78 is 48.2. The van der Waals surface area contributed by atoms with E-state index in [9.17, 15) is 17.4 Å². The molecule has 0 radical (unpaired) electrons. The van der Waals surface area contributed by atoms with Crippen molar-refractivity contribution >= 4 is 10.8 Å². The van der Waals surface area contributed by atoms with Crippen LogP contribution in [0.15, 0.2) is 17.1 Å². The number of allylic oxidation sites excluding steroid dienone is 1. The molecule has 5 nitrogen and oxygen atoms in total. The Kier molecular flexibility index (Phi) is 3.95. The van der Waals surface area contributed by atoms with Crippen molar-refractivity contribution in [1.82, 2.24) is 20.2 Å². The molecule has 0 N–H and O–H groups in total. The topological polar surface area (TPSA) is 60.7 Å². The lowest BCUT2D eigenvalue weighted by molar-refractivity contribution is 0.373. The van der Waals surface area contributed by atoms with Crippen LogP contribution < -0.4 is 0 Å². The maximum absolute atomic E-state index is 12.4. The van der Waals surface area contributed by atoms with Crippen LogP contribution in [0.25, 0.3) is 0 Å². The van der Waals surface area contributed by atoms with Gasteiger partial charge in [-0.25, -0.2) is 9.07 Å². The summed E-state index contributed by atoms with van der Waals surface area (Å²) in [6.07, 6.45) is -2.98. The first-order valence-electron chi connectivity index (χ1n) is 3.82. The summed E-state index contributed by atoms with van der Waals surface area (Å²) >= 11 is 0. The van der Waals surface area contributed by atoms with Crippen LogP contribution in [0.4, 0.5) is 13.2 Å². The second-order valence-electron chi connectivity index (χ2n) is 2.55. The lowest BCUT2D eigenvalue weighted by Crippen LogP contribution is -2.06. The molecule has 0 bridgehead atoms.